The number of amides is 1. The summed E-state index contributed by atoms with van der Waals surface area (Å²) in [5, 5.41) is 4.44. The minimum atomic E-state index is -0.111. The Hall–Kier alpha value is -3.16. The first-order valence-corrected chi connectivity index (χ1v) is 11.3. The predicted octanol–water partition coefficient (Wildman–Crippen LogP) is 2.79. The number of aromatic nitrogens is 4. The molecule has 0 atom stereocenters. The van der Waals surface area contributed by atoms with Gasteiger partial charge in [-0.25, -0.2) is 4.98 Å². The molecule has 0 aliphatic carbocycles. The van der Waals surface area contributed by atoms with Gasteiger partial charge < -0.3 is 14.4 Å². The molecule has 4 rings (SSSR count). The van der Waals surface area contributed by atoms with Crippen LogP contribution in [0, 0.1) is 13.8 Å². The molecule has 3 aromatic rings. The van der Waals surface area contributed by atoms with Crippen molar-refractivity contribution in [1.82, 2.24) is 24.2 Å². The highest BCUT2D eigenvalue weighted by atomic mass is 16.2. The highest BCUT2D eigenvalue weighted by Crippen LogP contribution is 2.19. The third kappa shape index (κ3) is 4.26. The van der Waals surface area contributed by atoms with Gasteiger partial charge in [0.2, 0.25) is 5.91 Å². The highest BCUT2D eigenvalue weighted by Gasteiger charge is 2.20. The van der Waals surface area contributed by atoms with E-state index in [1.165, 1.54) is 6.42 Å². The average Bonchev–Trinajstić information content (AvgIpc) is 3.04. The van der Waals surface area contributed by atoms with Crippen molar-refractivity contribution in [2.75, 3.05) is 25.0 Å². The summed E-state index contributed by atoms with van der Waals surface area (Å²) in [4.78, 5) is 34.8. The molecular weight excluding hydrogens is 404 g/mol. The predicted molar refractivity (Wildman–Crippen MR) is 126 cm³/mol. The van der Waals surface area contributed by atoms with Crippen molar-refractivity contribution in [2.45, 2.75) is 52.6 Å². The van der Waals surface area contributed by atoms with Gasteiger partial charge in [-0.2, -0.15) is 5.10 Å². The summed E-state index contributed by atoms with van der Waals surface area (Å²) in [6.45, 7) is 6.52. The number of carbonyl (C=O) groups excluding carboxylic acids is 1. The lowest BCUT2D eigenvalue weighted by molar-refractivity contribution is -0.130. The minimum absolute atomic E-state index is 0.0000288. The van der Waals surface area contributed by atoms with Gasteiger partial charge in [0.1, 0.15) is 0 Å². The lowest BCUT2D eigenvalue weighted by Gasteiger charge is -2.28. The van der Waals surface area contributed by atoms with Crippen LogP contribution in [0.3, 0.4) is 0 Å². The van der Waals surface area contributed by atoms with Gasteiger partial charge in [-0.3, -0.25) is 14.3 Å². The van der Waals surface area contributed by atoms with Crippen LogP contribution in [0.1, 0.15) is 42.6 Å². The Morgan fingerprint density at radius 2 is 1.84 bits per heavy atom. The molecule has 1 aliphatic heterocycles. The number of para-hydroxylation sites is 2. The van der Waals surface area contributed by atoms with E-state index in [9.17, 15) is 9.59 Å². The van der Waals surface area contributed by atoms with Crippen molar-refractivity contribution >= 4 is 22.8 Å². The standard InChI is InChI=1S/C24H32N6O2/c1-17-19(18(2)28(4)26-17)16-27(3)22(31)12-15-30-21-11-7-6-10-20(21)25-23(24(30)32)29-13-8-5-9-14-29/h6-7,10-11H,5,8-9,12-16H2,1-4H3. The average molecular weight is 437 g/mol. The number of piperidine rings is 1. The topological polar surface area (TPSA) is 76.3 Å². The highest BCUT2D eigenvalue weighted by molar-refractivity contribution is 5.78. The fourth-order valence-electron chi connectivity index (χ4n) is 4.48. The Morgan fingerprint density at radius 1 is 1.12 bits per heavy atom. The molecular formula is C24H32N6O2. The summed E-state index contributed by atoms with van der Waals surface area (Å²) in [5.41, 5.74) is 4.52. The Bertz CT molecular complexity index is 1190. The molecule has 8 nitrogen and oxygen atoms in total. The van der Waals surface area contributed by atoms with E-state index in [-0.39, 0.29) is 17.9 Å². The molecule has 0 radical (unpaired) electrons. The number of fused-ring (bicyclic) bond motifs is 1. The molecule has 3 heterocycles. The third-order valence-corrected chi connectivity index (χ3v) is 6.52. The monoisotopic (exact) mass is 436 g/mol. The van der Waals surface area contributed by atoms with Gasteiger partial charge in [-0.15, -0.1) is 0 Å². The number of benzene rings is 1. The van der Waals surface area contributed by atoms with E-state index in [0.29, 0.717) is 18.9 Å². The second-order valence-electron chi connectivity index (χ2n) is 8.70. The molecule has 32 heavy (non-hydrogen) atoms. The maximum absolute atomic E-state index is 13.4. The maximum atomic E-state index is 13.4. The third-order valence-electron chi connectivity index (χ3n) is 6.52. The van der Waals surface area contributed by atoms with Crippen molar-refractivity contribution in [1.29, 1.82) is 0 Å². The van der Waals surface area contributed by atoms with Crippen LogP contribution in [0.25, 0.3) is 11.0 Å². The first-order valence-electron chi connectivity index (χ1n) is 11.3. The number of aryl methyl sites for hydroxylation is 3. The molecule has 0 bridgehead atoms. The van der Waals surface area contributed by atoms with E-state index in [1.807, 2.05) is 49.8 Å². The van der Waals surface area contributed by atoms with Crippen LogP contribution in [-0.4, -0.2) is 50.3 Å². The first kappa shape index (κ1) is 22.0. The Balaban J connectivity index is 1.56. The van der Waals surface area contributed by atoms with Gasteiger partial charge in [0.15, 0.2) is 5.82 Å². The molecule has 2 aromatic heterocycles. The molecule has 0 unspecified atom stereocenters. The van der Waals surface area contributed by atoms with Gasteiger partial charge in [-0.1, -0.05) is 12.1 Å². The normalized spacial score (nSPS) is 14.2. The minimum Gasteiger partial charge on any atom is -0.352 e. The summed E-state index contributed by atoms with van der Waals surface area (Å²) in [6, 6.07) is 7.67. The fraction of sp³-hybridized carbons (Fsp3) is 0.500. The van der Waals surface area contributed by atoms with E-state index in [2.05, 4.69) is 15.0 Å². The smallest absolute Gasteiger partial charge is 0.294 e. The van der Waals surface area contributed by atoms with Gasteiger partial charge in [-0.05, 0) is 45.2 Å². The molecule has 1 saturated heterocycles. The van der Waals surface area contributed by atoms with Crippen LogP contribution in [-0.2, 0) is 24.9 Å². The zero-order valence-electron chi connectivity index (χ0n) is 19.5. The van der Waals surface area contributed by atoms with E-state index in [0.717, 1.165) is 53.9 Å². The lowest BCUT2D eigenvalue weighted by atomic mass is 10.1. The van der Waals surface area contributed by atoms with Crippen molar-refractivity contribution in [3.63, 3.8) is 0 Å². The summed E-state index contributed by atoms with van der Waals surface area (Å²) in [7, 11) is 3.72. The number of carbonyl (C=O) groups is 1. The maximum Gasteiger partial charge on any atom is 0.294 e. The summed E-state index contributed by atoms with van der Waals surface area (Å²) in [6.07, 6.45) is 3.59. The van der Waals surface area contributed by atoms with Crippen LogP contribution < -0.4 is 10.5 Å². The number of nitrogens with zero attached hydrogens (tertiary/aromatic N) is 6. The zero-order valence-corrected chi connectivity index (χ0v) is 19.5. The molecule has 0 N–H and O–H groups in total. The largest absolute Gasteiger partial charge is 0.352 e. The molecule has 8 heteroatoms. The number of hydrogen-bond donors (Lipinski definition) is 0. The Morgan fingerprint density at radius 3 is 2.53 bits per heavy atom. The molecule has 1 fully saturated rings. The van der Waals surface area contributed by atoms with Crippen LogP contribution in [0.4, 0.5) is 5.82 Å². The van der Waals surface area contributed by atoms with E-state index in [4.69, 9.17) is 0 Å². The zero-order chi connectivity index (χ0) is 22.8. The SMILES string of the molecule is Cc1nn(C)c(C)c1CN(C)C(=O)CCn1c(=O)c(N2CCCCC2)nc2ccccc21. The lowest BCUT2D eigenvalue weighted by Crippen LogP contribution is -2.37. The van der Waals surface area contributed by atoms with Gasteiger partial charge in [0.25, 0.3) is 5.56 Å². The number of anilines is 1. The second-order valence-corrected chi connectivity index (χ2v) is 8.70. The van der Waals surface area contributed by atoms with E-state index >= 15 is 0 Å². The van der Waals surface area contributed by atoms with Crippen LogP contribution in [0.5, 0.6) is 0 Å². The molecule has 0 spiro atoms. The van der Waals surface area contributed by atoms with E-state index in [1.54, 1.807) is 16.5 Å². The van der Waals surface area contributed by atoms with Gasteiger partial charge >= 0.3 is 0 Å². The summed E-state index contributed by atoms with van der Waals surface area (Å²) < 4.78 is 3.56. The molecule has 0 saturated carbocycles. The van der Waals surface area contributed by atoms with Crippen molar-refractivity contribution < 1.29 is 4.79 Å². The van der Waals surface area contributed by atoms with E-state index < -0.39 is 0 Å². The Kier molecular flexibility index (Phi) is 6.30. The van der Waals surface area contributed by atoms with Gasteiger partial charge in [0.05, 0.1) is 16.7 Å². The number of hydrogen-bond acceptors (Lipinski definition) is 5. The van der Waals surface area contributed by atoms with Gasteiger partial charge in [0, 0.05) is 58.0 Å². The molecule has 1 aromatic carbocycles. The van der Waals surface area contributed by atoms with Crippen LogP contribution in [0.15, 0.2) is 29.1 Å². The molecule has 1 aliphatic rings. The summed E-state index contributed by atoms with van der Waals surface area (Å²) in [5.74, 6) is 0.505. The first-order chi connectivity index (χ1) is 15.4. The van der Waals surface area contributed by atoms with Crippen LogP contribution >= 0.6 is 0 Å². The fourth-order valence-corrected chi connectivity index (χ4v) is 4.48. The van der Waals surface area contributed by atoms with Crippen molar-refractivity contribution in [3.8, 4) is 0 Å². The molecule has 170 valence electrons. The van der Waals surface area contributed by atoms with Crippen LogP contribution in [0.2, 0.25) is 0 Å². The quantitative estimate of drug-likeness (QED) is 0.594. The summed E-state index contributed by atoms with van der Waals surface area (Å²) >= 11 is 0. The Labute approximate surface area is 188 Å². The molecule has 1 amide bonds. The van der Waals surface area contributed by atoms with Crippen molar-refractivity contribution in [2.24, 2.45) is 7.05 Å². The number of rotatable bonds is 6. The van der Waals surface area contributed by atoms with Crippen molar-refractivity contribution in [3.05, 3.63) is 51.6 Å². The second kappa shape index (κ2) is 9.14.